The molecule has 196 valence electrons. The van der Waals surface area contributed by atoms with Gasteiger partial charge in [0, 0.05) is 15.6 Å². The minimum absolute atomic E-state index is 0.0884. The van der Waals surface area contributed by atoms with Crippen molar-refractivity contribution in [2.24, 2.45) is 10.8 Å². The van der Waals surface area contributed by atoms with Gasteiger partial charge in [0.1, 0.15) is 12.1 Å². The molecule has 2 nitrogen and oxygen atoms in total. The van der Waals surface area contributed by atoms with Gasteiger partial charge in [-0.15, -0.1) is 11.3 Å². The molecule has 3 aromatic carbocycles. The third-order valence-electron chi connectivity index (χ3n) is 8.30. The monoisotopic (exact) mass is 524 g/mol. The summed E-state index contributed by atoms with van der Waals surface area (Å²) in [5.74, 6) is 0.351. The number of halogens is 1. The molecule has 2 heterocycles. The summed E-state index contributed by atoms with van der Waals surface area (Å²) in [5.41, 5.74) is 6.19. The van der Waals surface area contributed by atoms with E-state index < -0.39 is 0 Å². The van der Waals surface area contributed by atoms with Crippen LogP contribution in [0.2, 0.25) is 0 Å². The van der Waals surface area contributed by atoms with Crippen LogP contribution in [0.4, 0.5) is 4.39 Å². The summed E-state index contributed by atoms with van der Waals surface area (Å²) in [4.78, 5) is 9.51. The molecule has 1 saturated carbocycles. The Morgan fingerprint density at radius 2 is 1.58 bits per heavy atom. The molecule has 0 bridgehead atoms. The highest BCUT2D eigenvalue weighted by atomic mass is 32.1. The predicted molar refractivity (Wildman–Crippen MR) is 161 cm³/mol. The first-order valence-electron chi connectivity index (χ1n) is 13.7. The molecule has 1 aliphatic rings. The minimum atomic E-state index is -0.217. The van der Waals surface area contributed by atoms with Crippen LogP contribution < -0.4 is 0 Å². The standard InChI is InChI=1S/C34H37FN2S/c1-32(2,3)27-14-22(12-21-13-24(35)9-11-25(21)27)29-31-30(37-19-36-29)26-10-8-20(15-28(26)38-31)23-16-33(4,5)18-34(6,7)17-23/h8-15,19,23H,16-18H2,1-7H3. The van der Waals surface area contributed by atoms with Gasteiger partial charge < -0.3 is 0 Å². The fourth-order valence-corrected chi connectivity index (χ4v) is 8.45. The first-order chi connectivity index (χ1) is 17.8. The van der Waals surface area contributed by atoms with Gasteiger partial charge in [-0.2, -0.15) is 0 Å². The highest BCUT2D eigenvalue weighted by Gasteiger charge is 2.39. The van der Waals surface area contributed by atoms with Gasteiger partial charge in [-0.25, -0.2) is 14.4 Å². The zero-order valence-corrected chi connectivity index (χ0v) is 24.4. The van der Waals surface area contributed by atoms with Crippen molar-refractivity contribution in [3.63, 3.8) is 0 Å². The Hall–Kier alpha value is -2.85. The van der Waals surface area contributed by atoms with Gasteiger partial charge >= 0.3 is 0 Å². The van der Waals surface area contributed by atoms with E-state index in [-0.39, 0.29) is 11.2 Å². The second-order valence-corrected chi connectivity index (χ2v) is 15.1. The van der Waals surface area contributed by atoms with Crippen LogP contribution in [-0.2, 0) is 5.41 Å². The molecule has 1 fully saturated rings. The van der Waals surface area contributed by atoms with Gasteiger partial charge in [-0.1, -0.05) is 66.7 Å². The Bertz CT molecular complexity index is 1690. The van der Waals surface area contributed by atoms with Crippen LogP contribution in [0.3, 0.4) is 0 Å². The van der Waals surface area contributed by atoms with E-state index >= 15 is 0 Å². The Balaban J connectivity index is 1.51. The average Bonchev–Trinajstić information content (AvgIpc) is 3.18. The van der Waals surface area contributed by atoms with Gasteiger partial charge in [0.25, 0.3) is 0 Å². The van der Waals surface area contributed by atoms with Crippen molar-refractivity contribution in [1.82, 2.24) is 9.97 Å². The van der Waals surface area contributed by atoms with Crippen molar-refractivity contribution in [2.75, 3.05) is 0 Å². The summed E-state index contributed by atoms with van der Waals surface area (Å²) in [5, 5.41) is 3.19. The zero-order valence-electron chi connectivity index (χ0n) is 23.6. The number of nitrogens with zero attached hydrogens (tertiary/aromatic N) is 2. The van der Waals surface area contributed by atoms with E-state index in [0.717, 1.165) is 32.2 Å². The third kappa shape index (κ3) is 4.51. The number of aromatic nitrogens is 2. The van der Waals surface area contributed by atoms with Crippen LogP contribution in [0, 0.1) is 16.6 Å². The normalized spacial score (nSPS) is 18.0. The number of thiophene rings is 1. The summed E-state index contributed by atoms with van der Waals surface area (Å²) in [6, 6.07) is 16.4. The van der Waals surface area contributed by atoms with Gasteiger partial charge in [0.15, 0.2) is 0 Å². The predicted octanol–water partition coefficient (Wildman–Crippen LogP) is 10.4. The fourth-order valence-electron chi connectivity index (χ4n) is 7.23. The van der Waals surface area contributed by atoms with E-state index in [1.807, 2.05) is 6.07 Å². The smallest absolute Gasteiger partial charge is 0.123 e. The summed E-state index contributed by atoms with van der Waals surface area (Å²) in [6.07, 6.45) is 5.39. The molecule has 38 heavy (non-hydrogen) atoms. The third-order valence-corrected chi connectivity index (χ3v) is 9.45. The van der Waals surface area contributed by atoms with Crippen LogP contribution in [0.5, 0.6) is 0 Å². The molecule has 2 aromatic heterocycles. The molecule has 6 rings (SSSR count). The van der Waals surface area contributed by atoms with Crippen LogP contribution in [-0.4, -0.2) is 9.97 Å². The van der Waals surface area contributed by atoms with Gasteiger partial charge in [-0.05, 0) is 93.7 Å². The van der Waals surface area contributed by atoms with E-state index in [4.69, 9.17) is 9.97 Å². The highest BCUT2D eigenvalue weighted by molar-refractivity contribution is 7.26. The highest BCUT2D eigenvalue weighted by Crippen LogP contribution is 2.52. The van der Waals surface area contributed by atoms with Crippen LogP contribution in [0.1, 0.15) is 84.8 Å². The van der Waals surface area contributed by atoms with Crippen molar-refractivity contribution < 1.29 is 4.39 Å². The second kappa shape index (κ2) is 8.58. The molecule has 5 aromatic rings. The molecular weight excluding hydrogens is 487 g/mol. The molecule has 0 N–H and O–H groups in total. The van der Waals surface area contributed by atoms with Gasteiger partial charge in [-0.3, -0.25) is 0 Å². The molecule has 4 heteroatoms. The number of hydrogen-bond donors (Lipinski definition) is 0. The Morgan fingerprint density at radius 3 is 2.29 bits per heavy atom. The average molecular weight is 525 g/mol. The van der Waals surface area contributed by atoms with E-state index in [1.54, 1.807) is 29.8 Å². The van der Waals surface area contributed by atoms with Gasteiger partial charge in [0.2, 0.25) is 0 Å². The fraction of sp³-hybridized carbons (Fsp3) is 0.412. The lowest BCUT2D eigenvalue weighted by molar-refractivity contribution is 0.0969. The summed E-state index contributed by atoms with van der Waals surface area (Å²) in [6.45, 7) is 16.3. The molecule has 0 radical (unpaired) electrons. The Morgan fingerprint density at radius 1 is 0.868 bits per heavy atom. The number of hydrogen-bond acceptors (Lipinski definition) is 3. The molecule has 0 spiro atoms. The Kier molecular flexibility index (Phi) is 5.74. The van der Waals surface area contributed by atoms with Crippen molar-refractivity contribution >= 4 is 42.4 Å². The van der Waals surface area contributed by atoms with Crippen molar-refractivity contribution in [1.29, 1.82) is 0 Å². The number of benzene rings is 3. The molecule has 0 aliphatic heterocycles. The minimum Gasteiger partial charge on any atom is -0.235 e. The number of rotatable bonds is 2. The summed E-state index contributed by atoms with van der Waals surface area (Å²) < 4.78 is 16.6. The summed E-state index contributed by atoms with van der Waals surface area (Å²) >= 11 is 1.78. The second-order valence-electron chi connectivity index (χ2n) is 14.0. The van der Waals surface area contributed by atoms with E-state index in [9.17, 15) is 4.39 Å². The number of fused-ring (bicyclic) bond motifs is 4. The maximum absolute atomic E-state index is 14.3. The first kappa shape index (κ1) is 25.4. The zero-order chi connectivity index (χ0) is 27.0. The first-order valence-corrected chi connectivity index (χ1v) is 14.5. The van der Waals surface area contributed by atoms with Crippen LogP contribution in [0.15, 0.2) is 54.9 Å². The molecule has 0 unspecified atom stereocenters. The maximum Gasteiger partial charge on any atom is 0.123 e. The molecule has 1 aliphatic carbocycles. The largest absolute Gasteiger partial charge is 0.235 e. The van der Waals surface area contributed by atoms with Crippen LogP contribution in [0.25, 0.3) is 42.3 Å². The maximum atomic E-state index is 14.3. The lowest BCUT2D eigenvalue weighted by Crippen LogP contribution is -2.32. The van der Waals surface area contributed by atoms with Crippen LogP contribution >= 0.6 is 11.3 Å². The quantitative estimate of drug-likeness (QED) is 0.229. The lowest BCUT2D eigenvalue weighted by atomic mass is 9.60. The van der Waals surface area contributed by atoms with E-state index in [2.05, 4.69) is 78.8 Å². The van der Waals surface area contributed by atoms with Gasteiger partial charge in [0.05, 0.1) is 15.9 Å². The Labute approximate surface area is 229 Å². The molecule has 0 amide bonds. The molecular formula is C34H37FN2S. The van der Waals surface area contributed by atoms with E-state index in [0.29, 0.717) is 16.7 Å². The molecule has 0 saturated heterocycles. The summed E-state index contributed by atoms with van der Waals surface area (Å²) in [7, 11) is 0. The lowest BCUT2D eigenvalue weighted by Gasteiger charge is -2.45. The topological polar surface area (TPSA) is 25.8 Å². The van der Waals surface area contributed by atoms with E-state index in [1.165, 1.54) is 40.5 Å². The van der Waals surface area contributed by atoms with Crippen molar-refractivity contribution in [2.45, 2.75) is 79.1 Å². The van der Waals surface area contributed by atoms with Crippen molar-refractivity contribution in [3.05, 3.63) is 71.8 Å². The molecule has 0 atom stereocenters. The van der Waals surface area contributed by atoms with Crippen molar-refractivity contribution in [3.8, 4) is 11.3 Å². The SMILES string of the molecule is CC1(C)CC(c2ccc3c(c2)sc2c(-c4cc(C(C)(C)C)c5ccc(F)cc5c4)ncnc23)CC(C)(C)C1.